The molecule has 1 aromatic carbocycles. The van der Waals surface area contributed by atoms with Crippen LogP contribution >= 0.6 is 0 Å². The largest absolute Gasteiger partial charge is 0.398 e. The Kier molecular flexibility index (Phi) is 4.43. The fourth-order valence-electron chi connectivity index (χ4n) is 2.50. The van der Waals surface area contributed by atoms with Gasteiger partial charge in [0.2, 0.25) is 0 Å². The first-order valence-electron chi connectivity index (χ1n) is 7.61. The quantitative estimate of drug-likeness (QED) is 0.646. The summed E-state index contributed by atoms with van der Waals surface area (Å²) in [7, 11) is 0. The van der Waals surface area contributed by atoms with Gasteiger partial charge >= 0.3 is 0 Å². The van der Waals surface area contributed by atoms with Crippen molar-refractivity contribution < 1.29 is 0 Å². The normalized spacial score (nSPS) is 17.0. The van der Waals surface area contributed by atoms with Crippen molar-refractivity contribution in [2.24, 2.45) is 5.73 Å². The van der Waals surface area contributed by atoms with Crippen LogP contribution in [0.5, 0.6) is 0 Å². The topological polar surface area (TPSA) is 73.9 Å². The van der Waals surface area contributed by atoms with Crippen LogP contribution in [0.4, 0.5) is 0 Å². The molecule has 0 aliphatic carbocycles. The lowest BCUT2D eigenvalue weighted by atomic mass is 10.00. The van der Waals surface area contributed by atoms with E-state index < -0.39 is 0 Å². The number of nitrogens with one attached hydrogen (secondary N) is 3. The molecule has 23 heavy (non-hydrogen) atoms. The Morgan fingerprint density at radius 2 is 1.70 bits per heavy atom. The summed E-state index contributed by atoms with van der Waals surface area (Å²) in [5.41, 5.74) is 11.3. The van der Waals surface area contributed by atoms with Crippen molar-refractivity contribution in [1.29, 1.82) is 5.41 Å². The van der Waals surface area contributed by atoms with Gasteiger partial charge in [-0.25, -0.2) is 0 Å². The van der Waals surface area contributed by atoms with Gasteiger partial charge in [-0.2, -0.15) is 0 Å². The zero-order valence-electron chi connectivity index (χ0n) is 12.8. The third-order valence-electron chi connectivity index (χ3n) is 3.80. The molecule has 0 spiro atoms. The molecule has 0 amide bonds. The first-order valence-corrected chi connectivity index (χ1v) is 7.61. The second kappa shape index (κ2) is 6.83. The predicted molar refractivity (Wildman–Crippen MR) is 95.9 cm³/mol. The van der Waals surface area contributed by atoms with E-state index in [0.29, 0.717) is 11.4 Å². The summed E-state index contributed by atoms with van der Waals surface area (Å²) in [6, 6.07) is 8.01. The van der Waals surface area contributed by atoms with Crippen LogP contribution in [0.2, 0.25) is 0 Å². The van der Waals surface area contributed by atoms with Gasteiger partial charge in [-0.3, -0.25) is 0 Å². The molecule has 0 unspecified atom stereocenters. The van der Waals surface area contributed by atoms with E-state index >= 15 is 0 Å². The third kappa shape index (κ3) is 3.61. The molecule has 0 fully saturated rings. The lowest BCUT2D eigenvalue weighted by Gasteiger charge is -2.10. The van der Waals surface area contributed by atoms with Gasteiger partial charge in [0.1, 0.15) is 0 Å². The van der Waals surface area contributed by atoms with Crippen LogP contribution < -0.4 is 16.4 Å². The SMILES string of the molecule is N=C(/C=C(\N)C1=CCNC=C1)c1ccc(C2=CCNC=C2)cc1. The Morgan fingerprint density at radius 1 is 1.00 bits per heavy atom. The molecule has 0 bridgehead atoms. The molecule has 0 atom stereocenters. The first kappa shape index (κ1) is 14.9. The molecule has 116 valence electrons. The average Bonchev–Trinajstić information content (AvgIpc) is 2.63. The summed E-state index contributed by atoms with van der Waals surface area (Å²) in [5.74, 6) is 0. The number of dihydropyridines is 2. The molecular weight excluding hydrogens is 284 g/mol. The monoisotopic (exact) mass is 304 g/mol. The van der Waals surface area contributed by atoms with Crippen molar-refractivity contribution >= 4 is 11.3 Å². The molecule has 4 heteroatoms. The Morgan fingerprint density at radius 3 is 2.30 bits per heavy atom. The van der Waals surface area contributed by atoms with E-state index in [1.807, 2.05) is 48.8 Å². The maximum atomic E-state index is 8.23. The minimum absolute atomic E-state index is 0.414. The lowest BCUT2D eigenvalue weighted by molar-refractivity contribution is 0.958. The molecule has 0 saturated carbocycles. The van der Waals surface area contributed by atoms with Gasteiger partial charge in [0.25, 0.3) is 0 Å². The minimum atomic E-state index is 0.414. The van der Waals surface area contributed by atoms with E-state index in [0.717, 1.165) is 29.8 Å². The molecule has 2 heterocycles. The summed E-state index contributed by atoms with van der Waals surface area (Å²) < 4.78 is 0. The van der Waals surface area contributed by atoms with Gasteiger partial charge < -0.3 is 21.8 Å². The molecule has 1 aromatic rings. The summed E-state index contributed by atoms with van der Waals surface area (Å²) in [5, 5.41) is 14.5. The van der Waals surface area contributed by atoms with Gasteiger partial charge in [0, 0.05) is 18.8 Å². The van der Waals surface area contributed by atoms with E-state index in [9.17, 15) is 0 Å². The number of hydrogen-bond donors (Lipinski definition) is 4. The van der Waals surface area contributed by atoms with Crippen LogP contribution in [0.15, 0.2) is 78.3 Å². The highest BCUT2D eigenvalue weighted by Crippen LogP contribution is 2.18. The summed E-state index contributed by atoms with van der Waals surface area (Å²) in [6.45, 7) is 1.61. The highest BCUT2D eigenvalue weighted by atomic mass is 14.8. The van der Waals surface area contributed by atoms with Crippen molar-refractivity contribution in [3.8, 4) is 0 Å². The van der Waals surface area contributed by atoms with Crippen LogP contribution in [0.1, 0.15) is 11.1 Å². The van der Waals surface area contributed by atoms with Gasteiger partial charge in [-0.1, -0.05) is 36.4 Å². The van der Waals surface area contributed by atoms with Crippen LogP contribution in [0, 0.1) is 5.41 Å². The fraction of sp³-hybridized carbons (Fsp3) is 0.105. The van der Waals surface area contributed by atoms with E-state index in [2.05, 4.69) is 22.8 Å². The van der Waals surface area contributed by atoms with Crippen LogP contribution in [0.3, 0.4) is 0 Å². The average molecular weight is 304 g/mol. The molecule has 4 nitrogen and oxygen atoms in total. The summed E-state index contributed by atoms with van der Waals surface area (Å²) in [4.78, 5) is 0. The Bertz CT molecular complexity index is 746. The number of allylic oxidation sites excluding steroid dienone is 4. The van der Waals surface area contributed by atoms with Crippen molar-refractivity contribution in [3.05, 3.63) is 89.4 Å². The van der Waals surface area contributed by atoms with E-state index in [-0.39, 0.29) is 0 Å². The highest BCUT2D eigenvalue weighted by molar-refractivity contribution is 6.07. The van der Waals surface area contributed by atoms with Gasteiger partial charge in [0.15, 0.2) is 0 Å². The number of benzene rings is 1. The molecule has 0 radical (unpaired) electrons. The smallest absolute Gasteiger partial charge is 0.0632 e. The molecule has 5 N–H and O–H groups in total. The van der Waals surface area contributed by atoms with Crippen molar-refractivity contribution in [2.75, 3.05) is 13.1 Å². The fourth-order valence-corrected chi connectivity index (χ4v) is 2.50. The lowest BCUT2D eigenvalue weighted by Crippen LogP contribution is -2.13. The van der Waals surface area contributed by atoms with E-state index in [4.69, 9.17) is 11.1 Å². The van der Waals surface area contributed by atoms with Gasteiger partial charge in [-0.15, -0.1) is 0 Å². The summed E-state index contributed by atoms with van der Waals surface area (Å²) >= 11 is 0. The number of nitrogens with two attached hydrogens (primary N) is 1. The molecule has 0 saturated heterocycles. The maximum Gasteiger partial charge on any atom is 0.0632 e. The predicted octanol–water partition coefficient (Wildman–Crippen LogP) is 2.44. The zero-order chi connectivity index (χ0) is 16.1. The van der Waals surface area contributed by atoms with Crippen LogP contribution in [-0.2, 0) is 0 Å². The number of rotatable bonds is 4. The Labute approximate surface area is 136 Å². The standard InChI is InChI=1S/C19H20N4/c20-18(13-19(21)17-7-11-23-12-8-17)16-3-1-14(2-4-16)15-5-9-22-10-6-15/h1-9,11,13,20,22-23H,10,12,21H2/b19-13-,20-18?. The molecule has 0 aromatic heterocycles. The van der Waals surface area contributed by atoms with Crippen LogP contribution in [0.25, 0.3) is 5.57 Å². The second-order valence-corrected chi connectivity index (χ2v) is 5.39. The second-order valence-electron chi connectivity index (χ2n) is 5.39. The maximum absolute atomic E-state index is 8.23. The van der Waals surface area contributed by atoms with Crippen molar-refractivity contribution in [2.45, 2.75) is 0 Å². The van der Waals surface area contributed by atoms with Crippen molar-refractivity contribution in [3.63, 3.8) is 0 Å². The number of hydrogen-bond acceptors (Lipinski definition) is 4. The van der Waals surface area contributed by atoms with E-state index in [1.54, 1.807) is 6.08 Å². The third-order valence-corrected chi connectivity index (χ3v) is 3.80. The first-order chi connectivity index (χ1) is 11.2. The molecule has 2 aliphatic heterocycles. The molecule has 3 rings (SSSR count). The van der Waals surface area contributed by atoms with Gasteiger partial charge in [0.05, 0.1) is 5.71 Å². The minimum Gasteiger partial charge on any atom is -0.398 e. The molecule has 2 aliphatic rings. The van der Waals surface area contributed by atoms with E-state index in [1.165, 1.54) is 5.57 Å². The molecular formula is C19H20N4. The van der Waals surface area contributed by atoms with Crippen molar-refractivity contribution in [1.82, 2.24) is 10.6 Å². The zero-order valence-corrected chi connectivity index (χ0v) is 12.8. The van der Waals surface area contributed by atoms with Crippen LogP contribution in [-0.4, -0.2) is 18.8 Å². The van der Waals surface area contributed by atoms with Gasteiger partial charge in [-0.05, 0) is 52.9 Å². The highest BCUT2D eigenvalue weighted by Gasteiger charge is 2.05. The Hall–Kier alpha value is -3.01. The summed E-state index contributed by atoms with van der Waals surface area (Å²) in [6.07, 6.45) is 13.7. The Balaban J connectivity index is 1.75.